The highest BCUT2D eigenvalue weighted by Gasteiger charge is 2.18. The summed E-state index contributed by atoms with van der Waals surface area (Å²) >= 11 is 0. The minimum atomic E-state index is -0.317. The van der Waals surface area contributed by atoms with Gasteiger partial charge in [0.1, 0.15) is 0 Å². The molecule has 0 unspecified atom stereocenters. The lowest BCUT2D eigenvalue weighted by Gasteiger charge is -2.26. The van der Waals surface area contributed by atoms with Crippen LogP contribution in [0.5, 0.6) is 0 Å². The zero-order valence-corrected chi connectivity index (χ0v) is 10.6. The van der Waals surface area contributed by atoms with E-state index in [0.29, 0.717) is 6.54 Å². The van der Waals surface area contributed by atoms with Crippen LogP contribution >= 0.6 is 0 Å². The van der Waals surface area contributed by atoms with Gasteiger partial charge in [0.05, 0.1) is 18.1 Å². The van der Waals surface area contributed by atoms with E-state index in [9.17, 15) is 0 Å². The summed E-state index contributed by atoms with van der Waals surface area (Å²) < 4.78 is 0. The molecule has 0 bridgehead atoms. The summed E-state index contributed by atoms with van der Waals surface area (Å²) in [5.41, 5.74) is 0.776. The molecule has 0 radical (unpaired) electrons. The third kappa shape index (κ3) is 4.46. The predicted molar refractivity (Wildman–Crippen MR) is 69.8 cm³/mol. The highest BCUT2D eigenvalue weighted by atomic mass is 16.3. The second kappa shape index (κ2) is 6.27. The van der Waals surface area contributed by atoms with Crippen LogP contribution in [-0.4, -0.2) is 24.8 Å². The molecule has 0 atom stereocenters. The van der Waals surface area contributed by atoms with E-state index in [0.717, 1.165) is 18.7 Å². The third-order valence-corrected chi connectivity index (χ3v) is 2.80. The molecule has 1 N–H and O–H groups in total. The number of anilines is 1. The van der Waals surface area contributed by atoms with Gasteiger partial charge >= 0.3 is 0 Å². The largest absolute Gasteiger partial charge is 0.395 e. The fourth-order valence-corrected chi connectivity index (χ4v) is 1.60. The van der Waals surface area contributed by atoms with Crippen molar-refractivity contribution in [2.24, 2.45) is 5.41 Å². The van der Waals surface area contributed by atoms with Gasteiger partial charge in [-0.1, -0.05) is 18.2 Å². The van der Waals surface area contributed by atoms with Gasteiger partial charge in [-0.25, -0.2) is 0 Å². The van der Waals surface area contributed by atoms with Crippen LogP contribution in [-0.2, 0) is 0 Å². The molecule has 1 aromatic carbocycles. The molecule has 3 heteroatoms. The monoisotopic (exact) mass is 232 g/mol. The topological polar surface area (TPSA) is 47.3 Å². The van der Waals surface area contributed by atoms with Crippen LogP contribution in [0.4, 0.5) is 5.69 Å². The van der Waals surface area contributed by atoms with Crippen LogP contribution in [0.25, 0.3) is 0 Å². The molecule has 92 valence electrons. The van der Waals surface area contributed by atoms with Crippen LogP contribution < -0.4 is 4.90 Å². The van der Waals surface area contributed by atoms with Crippen LogP contribution in [0.3, 0.4) is 0 Å². The number of aliphatic hydroxyl groups is 1. The molecule has 0 saturated heterocycles. The number of hydrogen-bond acceptors (Lipinski definition) is 3. The maximum absolute atomic E-state index is 9.08. The lowest BCUT2D eigenvalue weighted by Crippen LogP contribution is -2.30. The third-order valence-electron chi connectivity index (χ3n) is 2.80. The van der Waals surface area contributed by atoms with Crippen molar-refractivity contribution < 1.29 is 5.11 Å². The van der Waals surface area contributed by atoms with Crippen molar-refractivity contribution in [1.82, 2.24) is 0 Å². The number of nitriles is 1. The van der Waals surface area contributed by atoms with Gasteiger partial charge in [-0.05, 0) is 32.4 Å². The van der Waals surface area contributed by atoms with Crippen molar-refractivity contribution in [2.75, 3.05) is 24.6 Å². The van der Waals surface area contributed by atoms with Crippen molar-refractivity contribution in [3.63, 3.8) is 0 Å². The molecule has 0 amide bonds. The van der Waals surface area contributed by atoms with E-state index in [-0.39, 0.29) is 12.0 Å². The number of nitrogens with zero attached hydrogens (tertiary/aromatic N) is 2. The van der Waals surface area contributed by atoms with Gasteiger partial charge in [-0.3, -0.25) is 0 Å². The van der Waals surface area contributed by atoms with Crippen LogP contribution in [0, 0.1) is 16.7 Å². The average molecular weight is 232 g/mol. The highest BCUT2D eigenvalue weighted by molar-refractivity contribution is 5.45. The van der Waals surface area contributed by atoms with Gasteiger partial charge in [-0.15, -0.1) is 0 Å². The van der Waals surface area contributed by atoms with Crippen molar-refractivity contribution in [2.45, 2.75) is 20.3 Å². The fraction of sp³-hybridized carbons (Fsp3) is 0.500. The quantitative estimate of drug-likeness (QED) is 0.819. The second-order valence-electron chi connectivity index (χ2n) is 4.79. The molecule has 3 nitrogen and oxygen atoms in total. The highest BCUT2D eigenvalue weighted by Crippen LogP contribution is 2.21. The summed E-state index contributed by atoms with van der Waals surface area (Å²) in [6.07, 6.45) is 0.790. The molecule has 0 fully saturated rings. The molecule has 0 aliphatic heterocycles. The maximum Gasteiger partial charge on any atom is 0.0684 e. The summed E-state index contributed by atoms with van der Waals surface area (Å²) in [6.45, 7) is 5.39. The maximum atomic E-state index is 9.08. The van der Waals surface area contributed by atoms with Gasteiger partial charge in [0, 0.05) is 18.8 Å². The van der Waals surface area contributed by atoms with Crippen molar-refractivity contribution in [3.8, 4) is 6.07 Å². The SMILES string of the molecule is CC(C)(C#N)CCN(CCO)c1ccccc1. The van der Waals surface area contributed by atoms with Gasteiger partial charge in [0.25, 0.3) is 0 Å². The van der Waals surface area contributed by atoms with Crippen molar-refractivity contribution >= 4 is 5.69 Å². The summed E-state index contributed by atoms with van der Waals surface area (Å²) in [6, 6.07) is 12.3. The lowest BCUT2D eigenvalue weighted by atomic mass is 9.91. The van der Waals surface area contributed by atoms with Gasteiger partial charge in [-0.2, -0.15) is 5.26 Å². The van der Waals surface area contributed by atoms with Crippen LogP contribution in [0.15, 0.2) is 30.3 Å². The Morgan fingerprint density at radius 1 is 1.24 bits per heavy atom. The normalized spacial score (nSPS) is 10.9. The number of hydrogen-bond donors (Lipinski definition) is 1. The van der Waals surface area contributed by atoms with E-state index in [1.54, 1.807) is 0 Å². The first kappa shape index (κ1) is 13.5. The Hall–Kier alpha value is -1.53. The Kier molecular flexibility index (Phi) is 4.99. The predicted octanol–water partition coefficient (Wildman–Crippen LogP) is 2.43. The number of benzene rings is 1. The van der Waals surface area contributed by atoms with Crippen molar-refractivity contribution in [1.29, 1.82) is 5.26 Å². The zero-order chi connectivity index (χ0) is 12.7. The number of aliphatic hydroxyl groups excluding tert-OH is 1. The Labute approximate surface area is 103 Å². The molecule has 17 heavy (non-hydrogen) atoms. The molecule has 1 rings (SSSR count). The molecule has 1 aromatic rings. The molecular weight excluding hydrogens is 212 g/mol. The van der Waals surface area contributed by atoms with E-state index in [1.165, 1.54) is 0 Å². The van der Waals surface area contributed by atoms with E-state index in [1.807, 2.05) is 44.2 Å². The van der Waals surface area contributed by atoms with E-state index >= 15 is 0 Å². The van der Waals surface area contributed by atoms with Crippen molar-refractivity contribution in [3.05, 3.63) is 30.3 Å². The van der Waals surface area contributed by atoms with E-state index in [4.69, 9.17) is 10.4 Å². The first-order valence-corrected chi connectivity index (χ1v) is 5.91. The molecule has 0 aliphatic carbocycles. The minimum absolute atomic E-state index is 0.127. The van der Waals surface area contributed by atoms with Gasteiger partial charge in [0.2, 0.25) is 0 Å². The number of rotatable bonds is 6. The van der Waals surface area contributed by atoms with Crippen LogP contribution in [0.2, 0.25) is 0 Å². The van der Waals surface area contributed by atoms with Crippen LogP contribution in [0.1, 0.15) is 20.3 Å². The summed E-state index contributed by atoms with van der Waals surface area (Å²) in [5, 5.41) is 18.1. The Balaban J connectivity index is 2.65. The smallest absolute Gasteiger partial charge is 0.0684 e. The number of para-hydroxylation sites is 1. The summed E-state index contributed by atoms with van der Waals surface area (Å²) in [7, 11) is 0. The Morgan fingerprint density at radius 3 is 2.41 bits per heavy atom. The van der Waals surface area contributed by atoms with Gasteiger partial charge < -0.3 is 10.0 Å². The molecule has 0 aromatic heterocycles. The van der Waals surface area contributed by atoms with E-state index in [2.05, 4.69) is 11.0 Å². The zero-order valence-electron chi connectivity index (χ0n) is 10.6. The molecule has 0 saturated carbocycles. The molecule has 0 spiro atoms. The second-order valence-corrected chi connectivity index (χ2v) is 4.79. The molecule has 0 aliphatic rings. The lowest BCUT2D eigenvalue weighted by molar-refractivity contribution is 0.299. The Bertz CT molecular complexity index is 368. The summed E-state index contributed by atoms with van der Waals surface area (Å²) in [5.74, 6) is 0. The van der Waals surface area contributed by atoms with Gasteiger partial charge in [0.15, 0.2) is 0 Å². The molecular formula is C14H20N2O. The van der Waals surface area contributed by atoms with E-state index < -0.39 is 0 Å². The Morgan fingerprint density at radius 2 is 1.88 bits per heavy atom. The first-order chi connectivity index (χ1) is 8.09. The standard InChI is InChI=1S/C14H20N2O/c1-14(2,12-15)8-9-16(10-11-17)13-6-4-3-5-7-13/h3-7,17H,8-11H2,1-2H3. The first-order valence-electron chi connectivity index (χ1n) is 5.91. The fourth-order valence-electron chi connectivity index (χ4n) is 1.60. The average Bonchev–Trinajstić information content (AvgIpc) is 2.35. The minimum Gasteiger partial charge on any atom is -0.395 e. The summed E-state index contributed by atoms with van der Waals surface area (Å²) in [4.78, 5) is 2.11. The molecule has 0 heterocycles.